The van der Waals surface area contributed by atoms with Gasteiger partial charge in [-0.15, -0.1) is 0 Å². The Morgan fingerprint density at radius 2 is 2.15 bits per heavy atom. The lowest BCUT2D eigenvalue weighted by atomic mass is 10.1. The van der Waals surface area contributed by atoms with Crippen molar-refractivity contribution in [2.24, 2.45) is 0 Å². The first-order chi connectivity index (χ1) is 6.06. The zero-order chi connectivity index (χ0) is 10.0. The number of methoxy groups -OCH3 is 1. The van der Waals surface area contributed by atoms with Gasteiger partial charge in [-0.2, -0.15) is 0 Å². The number of halogens is 1. The van der Waals surface area contributed by atoms with Gasteiger partial charge in [0, 0.05) is 17.3 Å². The molecule has 13 heavy (non-hydrogen) atoms. The highest BCUT2D eigenvalue weighted by Crippen LogP contribution is 2.23. The van der Waals surface area contributed by atoms with Gasteiger partial charge in [-0.05, 0) is 13.0 Å². The summed E-state index contributed by atoms with van der Waals surface area (Å²) in [5.41, 5.74) is 6.02. The Kier molecular flexibility index (Phi) is 2.51. The molecule has 4 heteroatoms. The van der Waals surface area contributed by atoms with E-state index in [2.05, 4.69) is 0 Å². The number of hydrogen-bond acceptors (Lipinski definition) is 3. The molecule has 0 aliphatic rings. The molecule has 1 aromatic rings. The number of nitrogens with one attached hydrogen (secondary N) is 1. The van der Waals surface area contributed by atoms with Crippen LogP contribution in [0.5, 0.6) is 5.75 Å². The summed E-state index contributed by atoms with van der Waals surface area (Å²) in [4.78, 5) is 0. The van der Waals surface area contributed by atoms with E-state index < -0.39 is 5.82 Å². The third kappa shape index (κ3) is 1.77. The van der Waals surface area contributed by atoms with Crippen molar-refractivity contribution in [1.29, 1.82) is 5.41 Å². The maximum Gasteiger partial charge on any atom is 0.150 e. The molecular weight excluding hydrogens is 171 g/mol. The summed E-state index contributed by atoms with van der Waals surface area (Å²) >= 11 is 0. The fourth-order valence-corrected chi connectivity index (χ4v) is 1.02. The van der Waals surface area contributed by atoms with Gasteiger partial charge < -0.3 is 15.9 Å². The number of nitrogens with two attached hydrogens (primary N) is 1. The molecule has 1 rings (SSSR count). The quantitative estimate of drug-likeness (QED) is 0.541. The molecule has 0 bridgehead atoms. The summed E-state index contributed by atoms with van der Waals surface area (Å²) in [7, 11) is 1.44. The second-order valence-electron chi connectivity index (χ2n) is 2.70. The standard InChI is InChI=1S/C9H11FN2O/c1-5(11)7-3-6(13-2)4-8(10)9(7)12/h3-4,11H,12H2,1-2H3. The van der Waals surface area contributed by atoms with Gasteiger partial charge in [-0.1, -0.05) is 0 Å². The SMILES string of the molecule is COc1cc(F)c(N)c(C(C)=N)c1. The summed E-state index contributed by atoms with van der Waals surface area (Å²) < 4.78 is 17.9. The van der Waals surface area contributed by atoms with E-state index in [0.29, 0.717) is 11.3 Å². The van der Waals surface area contributed by atoms with Crippen molar-refractivity contribution in [2.45, 2.75) is 6.92 Å². The highest BCUT2D eigenvalue weighted by atomic mass is 19.1. The molecule has 0 aliphatic heterocycles. The third-order valence-electron chi connectivity index (χ3n) is 1.74. The van der Waals surface area contributed by atoms with Gasteiger partial charge in [0.05, 0.1) is 12.8 Å². The molecule has 0 atom stereocenters. The lowest BCUT2D eigenvalue weighted by Gasteiger charge is -2.07. The van der Waals surface area contributed by atoms with Gasteiger partial charge in [0.2, 0.25) is 0 Å². The van der Waals surface area contributed by atoms with Crippen LogP contribution >= 0.6 is 0 Å². The first-order valence-electron chi connectivity index (χ1n) is 3.74. The van der Waals surface area contributed by atoms with Crippen LogP contribution in [-0.2, 0) is 0 Å². The van der Waals surface area contributed by atoms with Crippen molar-refractivity contribution in [3.8, 4) is 5.75 Å². The number of hydrogen-bond donors (Lipinski definition) is 2. The predicted molar refractivity (Wildman–Crippen MR) is 49.9 cm³/mol. The molecule has 0 spiro atoms. The molecule has 70 valence electrons. The first kappa shape index (κ1) is 9.51. The monoisotopic (exact) mass is 182 g/mol. The third-order valence-corrected chi connectivity index (χ3v) is 1.74. The van der Waals surface area contributed by atoms with E-state index in [1.54, 1.807) is 13.0 Å². The Labute approximate surface area is 75.8 Å². The Morgan fingerprint density at radius 3 is 2.62 bits per heavy atom. The first-order valence-corrected chi connectivity index (χ1v) is 3.74. The van der Waals surface area contributed by atoms with Crippen LogP contribution in [0, 0.1) is 11.2 Å². The van der Waals surface area contributed by atoms with E-state index in [-0.39, 0.29) is 11.4 Å². The van der Waals surface area contributed by atoms with Crippen molar-refractivity contribution in [3.63, 3.8) is 0 Å². The Hall–Kier alpha value is -1.58. The van der Waals surface area contributed by atoms with Crippen LogP contribution < -0.4 is 10.5 Å². The van der Waals surface area contributed by atoms with Gasteiger partial charge in [0.1, 0.15) is 11.6 Å². The van der Waals surface area contributed by atoms with Crippen molar-refractivity contribution in [2.75, 3.05) is 12.8 Å². The number of ether oxygens (including phenoxy) is 1. The number of nitrogen functional groups attached to an aromatic ring is 1. The molecule has 0 aliphatic carbocycles. The minimum Gasteiger partial charge on any atom is -0.497 e. The van der Waals surface area contributed by atoms with Crippen LogP contribution in [0.25, 0.3) is 0 Å². The van der Waals surface area contributed by atoms with Crippen LogP contribution in [0.15, 0.2) is 12.1 Å². The Morgan fingerprint density at radius 1 is 1.54 bits per heavy atom. The van der Waals surface area contributed by atoms with Crippen molar-refractivity contribution >= 4 is 11.4 Å². The summed E-state index contributed by atoms with van der Waals surface area (Å²) in [6.45, 7) is 1.55. The minimum absolute atomic E-state index is 0.00620. The Bertz CT molecular complexity index is 350. The molecular formula is C9H11FN2O. The fourth-order valence-electron chi connectivity index (χ4n) is 1.02. The molecule has 0 fully saturated rings. The largest absolute Gasteiger partial charge is 0.497 e. The van der Waals surface area contributed by atoms with Crippen LogP contribution in [0.2, 0.25) is 0 Å². The number of benzene rings is 1. The number of anilines is 1. The van der Waals surface area contributed by atoms with Gasteiger partial charge >= 0.3 is 0 Å². The average Bonchev–Trinajstić information content (AvgIpc) is 2.09. The zero-order valence-corrected chi connectivity index (χ0v) is 7.52. The summed E-state index contributed by atoms with van der Waals surface area (Å²) in [6.07, 6.45) is 0. The highest BCUT2D eigenvalue weighted by Gasteiger charge is 2.09. The van der Waals surface area contributed by atoms with E-state index in [1.165, 1.54) is 13.2 Å². The maximum absolute atomic E-state index is 13.1. The van der Waals surface area contributed by atoms with E-state index in [4.69, 9.17) is 15.9 Å². The van der Waals surface area contributed by atoms with Gasteiger partial charge in [-0.3, -0.25) is 0 Å². The minimum atomic E-state index is -0.555. The molecule has 0 radical (unpaired) electrons. The second kappa shape index (κ2) is 3.43. The van der Waals surface area contributed by atoms with Crippen LogP contribution in [0.1, 0.15) is 12.5 Å². The van der Waals surface area contributed by atoms with Crippen molar-refractivity contribution in [1.82, 2.24) is 0 Å². The molecule has 3 nitrogen and oxygen atoms in total. The summed E-state index contributed by atoms with van der Waals surface area (Å²) in [5.74, 6) is -0.186. The van der Waals surface area contributed by atoms with E-state index in [9.17, 15) is 4.39 Å². The molecule has 0 saturated carbocycles. The molecule has 3 N–H and O–H groups in total. The number of rotatable bonds is 2. The molecule has 0 heterocycles. The van der Waals surface area contributed by atoms with Crippen molar-refractivity contribution in [3.05, 3.63) is 23.5 Å². The molecule has 1 aromatic carbocycles. The normalized spacial score (nSPS) is 9.77. The molecule has 0 saturated heterocycles. The fraction of sp³-hybridized carbons (Fsp3) is 0.222. The van der Waals surface area contributed by atoms with E-state index in [1.807, 2.05) is 0 Å². The van der Waals surface area contributed by atoms with E-state index in [0.717, 1.165) is 0 Å². The van der Waals surface area contributed by atoms with E-state index >= 15 is 0 Å². The highest BCUT2D eigenvalue weighted by molar-refractivity contribution is 6.01. The second-order valence-corrected chi connectivity index (χ2v) is 2.70. The lowest BCUT2D eigenvalue weighted by Crippen LogP contribution is -2.03. The van der Waals surface area contributed by atoms with Gasteiger partial charge in [-0.25, -0.2) is 4.39 Å². The maximum atomic E-state index is 13.1. The molecule has 0 amide bonds. The molecule has 0 aromatic heterocycles. The Balaban J connectivity index is 3.33. The van der Waals surface area contributed by atoms with Crippen LogP contribution in [-0.4, -0.2) is 12.8 Å². The van der Waals surface area contributed by atoms with Gasteiger partial charge in [0.25, 0.3) is 0 Å². The van der Waals surface area contributed by atoms with Gasteiger partial charge in [0.15, 0.2) is 0 Å². The van der Waals surface area contributed by atoms with Crippen LogP contribution in [0.3, 0.4) is 0 Å². The average molecular weight is 182 g/mol. The lowest BCUT2D eigenvalue weighted by molar-refractivity contribution is 0.411. The summed E-state index contributed by atoms with van der Waals surface area (Å²) in [6, 6.07) is 2.74. The molecule has 0 unspecified atom stereocenters. The zero-order valence-electron chi connectivity index (χ0n) is 7.52. The predicted octanol–water partition coefficient (Wildman–Crippen LogP) is 1.80. The summed E-state index contributed by atoms with van der Waals surface area (Å²) in [5, 5.41) is 7.34. The van der Waals surface area contributed by atoms with Crippen molar-refractivity contribution < 1.29 is 9.13 Å². The topological polar surface area (TPSA) is 59.1 Å². The smallest absolute Gasteiger partial charge is 0.150 e. The van der Waals surface area contributed by atoms with Crippen LogP contribution in [0.4, 0.5) is 10.1 Å².